The van der Waals surface area contributed by atoms with Crippen molar-refractivity contribution in [1.29, 1.82) is 0 Å². The van der Waals surface area contributed by atoms with Crippen LogP contribution in [0.25, 0.3) is 0 Å². The number of rotatable bonds is 9. The van der Waals surface area contributed by atoms with E-state index < -0.39 is 32.6 Å². The fraction of sp³-hybridized carbons (Fsp3) is 0.269. The fourth-order valence-corrected chi connectivity index (χ4v) is 4.46. The van der Waals surface area contributed by atoms with Gasteiger partial charge in [-0.15, -0.1) is 0 Å². The molecule has 0 heterocycles. The molecule has 0 fully saturated rings. The summed E-state index contributed by atoms with van der Waals surface area (Å²) in [6.07, 6.45) is -4.13. The smallest absolute Gasteiger partial charge is 0.416 e. The highest BCUT2D eigenvalue weighted by Gasteiger charge is 2.32. The molecular formula is C26H25F4NO5S. The predicted octanol–water partition coefficient (Wildman–Crippen LogP) is 6.06. The zero-order valence-electron chi connectivity index (χ0n) is 20.3. The molecule has 0 N–H and O–H groups in total. The highest BCUT2D eigenvalue weighted by molar-refractivity contribution is 7.87. The first-order valence-electron chi connectivity index (χ1n) is 11.2. The van der Waals surface area contributed by atoms with Crippen LogP contribution in [0.15, 0.2) is 71.6 Å². The Labute approximate surface area is 212 Å². The monoisotopic (exact) mass is 539 g/mol. The van der Waals surface area contributed by atoms with E-state index in [1.165, 1.54) is 43.5 Å². The second-order valence-corrected chi connectivity index (χ2v) is 9.79. The third kappa shape index (κ3) is 6.79. The first-order valence-corrected chi connectivity index (χ1v) is 12.6. The van der Waals surface area contributed by atoms with Crippen LogP contribution < -0.4 is 8.92 Å². The summed E-state index contributed by atoms with van der Waals surface area (Å²) in [7, 11) is -3.37. The molecule has 37 heavy (non-hydrogen) atoms. The highest BCUT2D eigenvalue weighted by atomic mass is 32.2. The second kappa shape index (κ2) is 11.2. The van der Waals surface area contributed by atoms with Crippen molar-refractivity contribution in [2.45, 2.75) is 43.9 Å². The van der Waals surface area contributed by atoms with E-state index in [1.54, 1.807) is 11.0 Å². The number of hydrogen-bond donors (Lipinski definition) is 0. The third-order valence-electron chi connectivity index (χ3n) is 5.71. The molecule has 1 unspecified atom stereocenters. The zero-order valence-corrected chi connectivity index (χ0v) is 21.1. The van der Waals surface area contributed by atoms with Crippen molar-refractivity contribution in [3.63, 3.8) is 0 Å². The highest BCUT2D eigenvalue weighted by Crippen LogP contribution is 2.34. The first kappa shape index (κ1) is 28.0. The Kier molecular flexibility index (Phi) is 8.47. The summed E-state index contributed by atoms with van der Waals surface area (Å²) in [4.78, 5) is 14.0. The first-order chi connectivity index (χ1) is 17.4. The van der Waals surface area contributed by atoms with Crippen LogP contribution in [0.3, 0.4) is 0 Å². The van der Waals surface area contributed by atoms with Crippen LogP contribution in [0.4, 0.5) is 17.6 Å². The van der Waals surface area contributed by atoms with Crippen LogP contribution >= 0.6 is 0 Å². The molecule has 0 bridgehead atoms. The number of ether oxygens (including phenoxy) is 1. The van der Waals surface area contributed by atoms with Crippen molar-refractivity contribution in [2.24, 2.45) is 0 Å². The van der Waals surface area contributed by atoms with Crippen molar-refractivity contribution in [1.82, 2.24) is 4.90 Å². The molecule has 1 amide bonds. The molecule has 0 spiro atoms. The summed E-state index contributed by atoms with van der Waals surface area (Å²) in [6.45, 7) is 3.77. The summed E-state index contributed by atoms with van der Waals surface area (Å²) in [6, 6.07) is 12.5. The topological polar surface area (TPSA) is 72.9 Å². The maximum absolute atomic E-state index is 13.3. The lowest BCUT2D eigenvalue weighted by molar-refractivity contribution is -0.137. The van der Waals surface area contributed by atoms with Gasteiger partial charge in [-0.05, 0) is 73.5 Å². The van der Waals surface area contributed by atoms with E-state index >= 15 is 0 Å². The lowest BCUT2D eigenvalue weighted by atomic mass is 10.1. The minimum Gasteiger partial charge on any atom is -0.493 e. The molecule has 6 nitrogen and oxygen atoms in total. The van der Waals surface area contributed by atoms with Crippen molar-refractivity contribution in [3.05, 3.63) is 89.2 Å². The van der Waals surface area contributed by atoms with Gasteiger partial charge in [0.05, 0.1) is 12.7 Å². The Morgan fingerprint density at radius 3 is 2.27 bits per heavy atom. The van der Waals surface area contributed by atoms with Gasteiger partial charge >= 0.3 is 16.3 Å². The lowest BCUT2D eigenvalue weighted by Crippen LogP contribution is -2.37. The van der Waals surface area contributed by atoms with Gasteiger partial charge < -0.3 is 13.8 Å². The quantitative estimate of drug-likeness (QED) is 0.244. The fourth-order valence-electron chi connectivity index (χ4n) is 3.48. The maximum Gasteiger partial charge on any atom is 0.416 e. The van der Waals surface area contributed by atoms with Crippen LogP contribution in [0.1, 0.15) is 41.8 Å². The van der Waals surface area contributed by atoms with Gasteiger partial charge in [0.25, 0.3) is 5.91 Å². The predicted molar refractivity (Wildman–Crippen MR) is 128 cm³/mol. The number of carbonyl (C=O) groups excluding carboxylic acids is 1. The molecule has 3 rings (SSSR count). The minimum atomic E-state index is -4.74. The van der Waals surface area contributed by atoms with E-state index in [-0.39, 0.29) is 35.6 Å². The standard InChI is InChI=1S/C26H25F4NO5S/c1-4-17(2)31(25(32)19-9-11-21(27)12-10-19)16-18-8-13-23(35-3)24(14-18)36-37(33,34)22-7-5-6-20(15-22)26(28,29)30/h5-15,17H,4,16H2,1-3H3. The largest absolute Gasteiger partial charge is 0.493 e. The van der Waals surface area contributed by atoms with E-state index in [0.717, 1.165) is 18.2 Å². The number of amides is 1. The Bertz CT molecular complexity index is 1360. The molecule has 0 aliphatic carbocycles. The van der Waals surface area contributed by atoms with Gasteiger partial charge in [-0.2, -0.15) is 21.6 Å². The Morgan fingerprint density at radius 2 is 1.68 bits per heavy atom. The van der Waals surface area contributed by atoms with Crippen LogP contribution in [0, 0.1) is 5.82 Å². The van der Waals surface area contributed by atoms with E-state index in [9.17, 15) is 30.8 Å². The van der Waals surface area contributed by atoms with E-state index in [2.05, 4.69) is 0 Å². The van der Waals surface area contributed by atoms with Crippen LogP contribution in [-0.4, -0.2) is 32.4 Å². The van der Waals surface area contributed by atoms with Gasteiger partial charge in [-0.1, -0.05) is 19.1 Å². The van der Waals surface area contributed by atoms with Crippen molar-refractivity contribution < 1.29 is 39.7 Å². The van der Waals surface area contributed by atoms with E-state index in [0.29, 0.717) is 18.1 Å². The number of hydrogen-bond acceptors (Lipinski definition) is 5. The summed E-state index contributed by atoms with van der Waals surface area (Å²) in [5.74, 6) is -1.07. The molecular weight excluding hydrogens is 514 g/mol. The average Bonchev–Trinajstić information content (AvgIpc) is 2.86. The van der Waals surface area contributed by atoms with Crippen molar-refractivity contribution in [3.8, 4) is 11.5 Å². The van der Waals surface area contributed by atoms with Gasteiger partial charge in [-0.25, -0.2) is 4.39 Å². The average molecular weight is 540 g/mol. The number of alkyl halides is 3. The third-order valence-corrected chi connectivity index (χ3v) is 6.94. The SMILES string of the molecule is CCC(C)N(Cc1ccc(OC)c(OS(=O)(=O)c2cccc(C(F)(F)F)c2)c1)C(=O)c1ccc(F)cc1. The van der Waals surface area contributed by atoms with E-state index in [4.69, 9.17) is 8.92 Å². The summed E-state index contributed by atoms with van der Waals surface area (Å²) >= 11 is 0. The van der Waals surface area contributed by atoms with Gasteiger partial charge in [0.1, 0.15) is 10.7 Å². The molecule has 0 saturated carbocycles. The molecule has 0 saturated heterocycles. The van der Waals surface area contributed by atoms with Crippen molar-refractivity contribution >= 4 is 16.0 Å². The molecule has 1 atom stereocenters. The molecule has 0 aliphatic heterocycles. The van der Waals surface area contributed by atoms with Gasteiger partial charge in [0, 0.05) is 18.2 Å². The normalized spacial score (nSPS) is 12.6. The Hall–Kier alpha value is -3.60. The van der Waals surface area contributed by atoms with Gasteiger partial charge in [0.15, 0.2) is 11.5 Å². The number of carbonyl (C=O) groups is 1. The molecule has 198 valence electrons. The number of benzene rings is 3. The van der Waals surface area contributed by atoms with Crippen LogP contribution in [0.5, 0.6) is 11.5 Å². The Morgan fingerprint density at radius 1 is 1.00 bits per heavy atom. The number of nitrogens with zero attached hydrogens (tertiary/aromatic N) is 1. The maximum atomic E-state index is 13.3. The second-order valence-electron chi connectivity index (χ2n) is 8.25. The molecule has 3 aromatic rings. The number of methoxy groups -OCH3 is 1. The molecule has 0 radical (unpaired) electrons. The van der Waals surface area contributed by atoms with Crippen molar-refractivity contribution in [2.75, 3.05) is 7.11 Å². The Balaban J connectivity index is 1.93. The van der Waals surface area contributed by atoms with Crippen LogP contribution in [-0.2, 0) is 22.8 Å². The summed E-state index contributed by atoms with van der Waals surface area (Å²) in [5.41, 5.74) is -0.383. The van der Waals surface area contributed by atoms with E-state index in [1.807, 2.05) is 13.8 Å². The summed E-state index contributed by atoms with van der Waals surface area (Å²) in [5, 5.41) is 0. The molecule has 0 aliphatic rings. The zero-order chi connectivity index (χ0) is 27.4. The van der Waals surface area contributed by atoms with Gasteiger partial charge in [-0.3, -0.25) is 4.79 Å². The lowest BCUT2D eigenvalue weighted by Gasteiger charge is -2.29. The number of halogens is 4. The van der Waals surface area contributed by atoms with Crippen LogP contribution in [0.2, 0.25) is 0 Å². The molecule has 0 aromatic heterocycles. The minimum absolute atomic E-state index is 0.0271. The summed E-state index contributed by atoms with van der Waals surface area (Å²) < 4.78 is 88.5. The molecule has 3 aromatic carbocycles. The molecule has 11 heteroatoms. The van der Waals surface area contributed by atoms with Gasteiger partial charge in [0.2, 0.25) is 0 Å².